The molecule has 0 radical (unpaired) electrons. The highest BCUT2D eigenvalue weighted by atomic mass is 16.2. The van der Waals surface area contributed by atoms with Crippen molar-refractivity contribution in [1.29, 1.82) is 0 Å². The van der Waals surface area contributed by atoms with Gasteiger partial charge in [-0.25, -0.2) is 0 Å². The maximum Gasteiger partial charge on any atom is 0.231 e. The fourth-order valence-electron chi connectivity index (χ4n) is 3.58. The molecule has 0 spiro atoms. The number of anilines is 2. The molecule has 3 rings (SSSR count). The number of benzene rings is 2. The van der Waals surface area contributed by atoms with Gasteiger partial charge >= 0.3 is 0 Å². The number of nitrogens with zero attached hydrogens (tertiary/aromatic N) is 1. The smallest absolute Gasteiger partial charge is 0.231 e. The van der Waals surface area contributed by atoms with Crippen LogP contribution in [0.4, 0.5) is 11.4 Å². The van der Waals surface area contributed by atoms with Crippen LogP contribution in [-0.4, -0.2) is 18.4 Å². The van der Waals surface area contributed by atoms with Gasteiger partial charge in [-0.15, -0.1) is 0 Å². The summed E-state index contributed by atoms with van der Waals surface area (Å²) in [5, 5.41) is 3.03. The molecule has 0 bridgehead atoms. The van der Waals surface area contributed by atoms with Gasteiger partial charge in [-0.3, -0.25) is 9.59 Å². The van der Waals surface area contributed by atoms with E-state index in [0.717, 1.165) is 48.3 Å². The van der Waals surface area contributed by atoms with Gasteiger partial charge < -0.3 is 10.2 Å². The van der Waals surface area contributed by atoms with Gasteiger partial charge in [-0.1, -0.05) is 37.3 Å². The highest BCUT2D eigenvalue weighted by Gasteiger charge is 2.22. The lowest BCUT2D eigenvalue weighted by Gasteiger charge is -2.28. The number of hydrogen-bond donors (Lipinski definition) is 1. The predicted octanol–water partition coefficient (Wildman–Crippen LogP) is 4.64. The molecule has 4 nitrogen and oxygen atoms in total. The standard InChI is InChI=1S/C22H26N2O2/c1-3-19(17-9-5-4-6-10-17)22(26)23-18-12-13-20(16(2)15-18)24-14-8-7-11-21(24)25/h4-6,9-10,12-13,15,19H,3,7-8,11,14H2,1-2H3,(H,23,26). The average molecular weight is 350 g/mol. The minimum atomic E-state index is -0.167. The molecule has 4 heteroatoms. The summed E-state index contributed by atoms with van der Waals surface area (Å²) in [7, 11) is 0. The summed E-state index contributed by atoms with van der Waals surface area (Å²) in [4.78, 5) is 26.7. The molecule has 0 aliphatic carbocycles. The highest BCUT2D eigenvalue weighted by molar-refractivity contribution is 5.97. The zero-order chi connectivity index (χ0) is 18.5. The number of hydrogen-bond acceptors (Lipinski definition) is 2. The maximum atomic E-state index is 12.7. The van der Waals surface area contributed by atoms with Gasteiger partial charge in [0.2, 0.25) is 11.8 Å². The molecule has 1 aliphatic heterocycles. The van der Waals surface area contributed by atoms with Gasteiger partial charge in [0.05, 0.1) is 5.92 Å². The largest absolute Gasteiger partial charge is 0.326 e. The summed E-state index contributed by atoms with van der Waals surface area (Å²) in [5.74, 6) is 0.0195. The Morgan fingerprint density at radius 2 is 1.92 bits per heavy atom. The van der Waals surface area contributed by atoms with E-state index in [9.17, 15) is 9.59 Å². The molecule has 136 valence electrons. The molecule has 1 heterocycles. The van der Waals surface area contributed by atoms with Crippen LogP contribution in [0.1, 0.15) is 49.7 Å². The van der Waals surface area contributed by atoms with E-state index in [0.29, 0.717) is 6.42 Å². The first-order valence-electron chi connectivity index (χ1n) is 9.37. The molecule has 1 saturated heterocycles. The maximum absolute atomic E-state index is 12.7. The van der Waals surface area contributed by atoms with E-state index in [-0.39, 0.29) is 17.7 Å². The lowest BCUT2D eigenvalue weighted by molar-refractivity contribution is -0.119. The third-order valence-corrected chi connectivity index (χ3v) is 5.01. The van der Waals surface area contributed by atoms with Crippen molar-refractivity contribution in [3.63, 3.8) is 0 Å². The summed E-state index contributed by atoms with van der Waals surface area (Å²) in [6, 6.07) is 15.6. The molecule has 2 aromatic carbocycles. The van der Waals surface area contributed by atoms with Crippen LogP contribution in [0.5, 0.6) is 0 Å². The van der Waals surface area contributed by atoms with Crippen molar-refractivity contribution >= 4 is 23.2 Å². The normalized spacial score (nSPS) is 15.6. The molecule has 1 aliphatic rings. The van der Waals surface area contributed by atoms with Crippen molar-refractivity contribution in [3.05, 3.63) is 59.7 Å². The molecule has 1 unspecified atom stereocenters. The van der Waals surface area contributed by atoms with E-state index in [1.165, 1.54) is 0 Å². The summed E-state index contributed by atoms with van der Waals surface area (Å²) >= 11 is 0. The SMILES string of the molecule is CCC(C(=O)Nc1ccc(N2CCCCC2=O)c(C)c1)c1ccccc1. The topological polar surface area (TPSA) is 49.4 Å². The van der Waals surface area contributed by atoms with E-state index < -0.39 is 0 Å². The van der Waals surface area contributed by atoms with Crippen LogP contribution in [0.25, 0.3) is 0 Å². The van der Waals surface area contributed by atoms with Gasteiger partial charge in [0.25, 0.3) is 0 Å². The van der Waals surface area contributed by atoms with Crippen molar-refractivity contribution in [3.8, 4) is 0 Å². The Morgan fingerprint density at radius 3 is 2.58 bits per heavy atom. The van der Waals surface area contributed by atoms with Gasteiger partial charge in [0, 0.05) is 24.3 Å². The van der Waals surface area contributed by atoms with Gasteiger partial charge in [0.1, 0.15) is 0 Å². The first-order valence-corrected chi connectivity index (χ1v) is 9.37. The second-order valence-corrected chi connectivity index (χ2v) is 6.86. The van der Waals surface area contributed by atoms with Gasteiger partial charge in [-0.05, 0) is 55.5 Å². The van der Waals surface area contributed by atoms with Crippen molar-refractivity contribution in [1.82, 2.24) is 0 Å². The minimum absolute atomic E-state index is 0.0000936. The Kier molecular flexibility index (Phi) is 5.71. The number of carbonyl (C=O) groups excluding carboxylic acids is 2. The molecule has 26 heavy (non-hydrogen) atoms. The molecule has 2 aromatic rings. The first kappa shape index (κ1) is 18.2. The van der Waals surface area contributed by atoms with E-state index in [4.69, 9.17) is 0 Å². The van der Waals surface area contributed by atoms with Crippen LogP contribution >= 0.6 is 0 Å². The number of rotatable bonds is 5. The molecule has 1 fully saturated rings. The van der Waals surface area contributed by atoms with Crippen LogP contribution in [-0.2, 0) is 9.59 Å². The molecule has 1 N–H and O–H groups in total. The number of piperidine rings is 1. The summed E-state index contributed by atoms with van der Waals surface area (Å²) < 4.78 is 0. The summed E-state index contributed by atoms with van der Waals surface area (Å²) in [5.41, 5.74) is 3.75. The Bertz CT molecular complexity index is 786. The van der Waals surface area contributed by atoms with Crippen LogP contribution in [0.2, 0.25) is 0 Å². The lowest BCUT2D eigenvalue weighted by atomic mass is 9.95. The Balaban J connectivity index is 1.75. The lowest BCUT2D eigenvalue weighted by Crippen LogP contribution is -2.35. The Labute approximate surface area is 155 Å². The summed E-state index contributed by atoms with van der Waals surface area (Å²) in [6.07, 6.45) is 3.38. The van der Waals surface area contributed by atoms with Gasteiger partial charge in [-0.2, -0.15) is 0 Å². The van der Waals surface area contributed by atoms with E-state index in [1.807, 2.05) is 67.3 Å². The molecular weight excluding hydrogens is 324 g/mol. The quantitative estimate of drug-likeness (QED) is 0.854. The van der Waals surface area contributed by atoms with Crippen LogP contribution in [0, 0.1) is 6.92 Å². The van der Waals surface area contributed by atoms with Gasteiger partial charge in [0.15, 0.2) is 0 Å². The second kappa shape index (κ2) is 8.17. The first-order chi connectivity index (χ1) is 12.6. The minimum Gasteiger partial charge on any atom is -0.326 e. The zero-order valence-corrected chi connectivity index (χ0v) is 15.5. The average Bonchev–Trinajstić information content (AvgIpc) is 2.64. The van der Waals surface area contributed by atoms with Crippen molar-refractivity contribution in [2.45, 2.75) is 45.4 Å². The summed E-state index contributed by atoms with van der Waals surface area (Å²) in [6.45, 7) is 4.78. The molecule has 1 atom stereocenters. The highest BCUT2D eigenvalue weighted by Crippen LogP contribution is 2.28. The molecule has 2 amide bonds. The number of amides is 2. The predicted molar refractivity (Wildman–Crippen MR) is 105 cm³/mol. The van der Waals surface area contributed by atoms with E-state index >= 15 is 0 Å². The van der Waals surface area contributed by atoms with E-state index in [1.54, 1.807) is 0 Å². The molecule has 0 aromatic heterocycles. The third-order valence-electron chi connectivity index (χ3n) is 5.01. The number of aryl methyl sites for hydroxylation is 1. The third kappa shape index (κ3) is 3.96. The van der Waals surface area contributed by atoms with Crippen LogP contribution < -0.4 is 10.2 Å². The van der Waals surface area contributed by atoms with E-state index in [2.05, 4.69) is 5.32 Å². The second-order valence-electron chi connectivity index (χ2n) is 6.86. The molecular formula is C22H26N2O2. The van der Waals surface area contributed by atoms with Crippen molar-refractivity contribution in [2.24, 2.45) is 0 Å². The Morgan fingerprint density at radius 1 is 1.15 bits per heavy atom. The van der Waals surface area contributed by atoms with Crippen molar-refractivity contribution < 1.29 is 9.59 Å². The van der Waals surface area contributed by atoms with Crippen molar-refractivity contribution in [2.75, 3.05) is 16.8 Å². The fraction of sp³-hybridized carbons (Fsp3) is 0.364. The fourth-order valence-corrected chi connectivity index (χ4v) is 3.58. The zero-order valence-electron chi connectivity index (χ0n) is 15.5. The molecule has 0 saturated carbocycles. The monoisotopic (exact) mass is 350 g/mol. The number of nitrogens with one attached hydrogen (secondary N) is 1. The number of carbonyl (C=O) groups is 2. The van der Waals surface area contributed by atoms with Crippen LogP contribution in [0.3, 0.4) is 0 Å². The Hall–Kier alpha value is -2.62. The van der Waals surface area contributed by atoms with Crippen LogP contribution in [0.15, 0.2) is 48.5 Å².